The topological polar surface area (TPSA) is 55.6 Å². The van der Waals surface area contributed by atoms with E-state index in [1.165, 1.54) is 11.3 Å². The number of carbonyl (C=O) groups excluding carboxylic acids is 1. The molecule has 1 amide bonds. The molecule has 0 aliphatic heterocycles. The lowest BCUT2D eigenvalue weighted by Gasteiger charge is -2.19. The van der Waals surface area contributed by atoms with Crippen molar-refractivity contribution in [2.75, 3.05) is 11.5 Å². The summed E-state index contributed by atoms with van der Waals surface area (Å²) in [7, 11) is 0. The van der Waals surface area contributed by atoms with E-state index >= 15 is 0 Å². The standard InChI is InChI=1S/C22H20N2O3S/c1-3-26-17-9-10-19-20(13-17)28-22(23-19)24(14-18-8-5-11-27-18)21(25)16-7-4-6-15(2)12-16/h4-13H,3,14H2,1-2H3. The Bertz CT molecular complexity index is 1100. The summed E-state index contributed by atoms with van der Waals surface area (Å²) in [5.74, 6) is 1.40. The molecule has 6 heteroatoms. The number of amides is 1. The number of anilines is 1. The quantitative estimate of drug-likeness (QED) is 0.438. The average molecular weight is 392 g/mol. The minimum atomic E-state index is -0.107. The summed E-state index contributed by atoms with van der Waals surface area (Å²) in [6.45, 7) is 4.85. The highest BCUT2D eigenvalue weighted by Crippen LogP contribution is 2.33. The lowest BCUT2D eigenvalue weighted by atomic mass is 10.1. The maximum Gasteiger partial charge on any atom is 0.260 e. The summed E-state index contributed by atoms with van der Waals surface area (Å²) in [5, 5.41) is 0.631. The number of benzene rings is 2. The molecule has 0 N–H and O–H groups in total. The number of aromatic nitrogens is 1. The number of carbonyl (C=O) groups is 1. The van der Waals surface area contributed by atoms with Crippen LogP contribution in [-0.4, -0.2) is 17.5 Å². The van der Waals surface area contributed by atoms with E-state index in [0.29, 0.717) is 29.6 Å². The molecule has 0 fully saturated rings. The van der Waals surface area contributed by atoms with Crippen molar-refractivity contribution in [2.45, 2.75) is 20.4 Å². The molecule has 2 aromatic heterocycles. The van der Waals surface area contributed by atoms with Gasteiger partial charge in [0.15, 0.2) is 5.13 Å². The third kappa shape index (κ3) is 3.77. The van der Waals surface area contributed by atoms with Gasteiger partial charge in [-0.25, -0.2) is 4.98 Å². The van der Waals surface area contributed by atoms with E-state index in [9.17, 15) is 4.79 Å². The Hall–Kier alpha value is -3.12. The van der Waals surface area contributed by atoms with E-state index in [1.54, 1.807) is 11.2 Å². The van der Waals surface area contributed by atoms with Crippen molar-refractivity contribution in [3.05, 3.63) is 77.7 Å². The largest absolute Gasteiger partial charge is 0.494 e. The number of aryl methyl sites for hydroxylation is 1. The maximum atomic E-state index is 13.3. The van der Waals surface area contributed by atoms with Gasteiger partial charge in [-0.15, -0.1) is 0 Å². The van der Waals surface area contributed by atoms with Gasteiger partial charge in [0, 0.05) is 5.56 Å². The Morgan fingerprint density at radius 3 is 2.82 bits per heavy atom. The molecule has 0 spiro atoms. The Labute approximate surface area is 167 Å². The monoisotopic (exact) mass is 392 g/mol. The normalized spacial score (nSPS) is 10.9. The second-order valence-corrected chi connectivity index (χ2v) is 7.41. The number of nitrogens with zero attached hydrogens (tertiary/aromatic N) is 2. The number of rotatable bonds is 6. The molecule has 0 aliphatic rings. The minimum absolute atomic E-state index is 0.107. The smallest absolute Gasteiger partial charge is 0.260 e. The first-order chi connectivity index (χ1) is 13.6. The molecule has 0 unspecified atom stereocenters. The minimum Gasteiger partial charge on any atom is -0.494 e. The summed E-state index contributed by atoms with van der Waals surface area (Å²) in [5.41, 5.74) is 2.50. The summed E-state index contributed by atoms with van der Waals surface area (Å²) >= 11 is 1.47. The number of ether oxygens (including phenoxy) is 1. The van der Waals surface area contributed by atoms with Gasteiger partial charge >= 0.3 is 0 Å². The summed E-state index contributed by atoms with van der Waals surface area (Å²) < 4.78 is 12.0. The predicted molar refractivity (Wildman–Crippen MR) is 111 cm³/mol. The van der Waals surface area contributed by atoms with Gasteiger partial charge in [0.25, 0.3) is 5.91 Å². The van der Waals surface area contributed by atoms with Crippen LogP contribution in [0.3, 0.4) is 0 Å². The summed E-state index contributed by atoms with van der Waals surface area (Å²) in [6, 6.07) is 17.0. The Morgan fingerprint density at radius 2 is 2.07 bits per heavy atom. The van der Waals surface area contributed by atoms with Crippen LogP contribution in [0.25, 0.3) is 10.2 Å². The fraction of sp³-hybridized carbons (Fsp3) is 0.182. The van der Waals surface area contributed by atoms with E-state index in [1.807, 2.05) is 68.4 Å². The van der Waals surface area contributed by atoms with Gasteiger partial charge in [-0.05, 0) is 56.3 Å². The van der Waals surface area contributed by atoms with Crippen molar-refractivity contribution >= 4 is 32.6 Å². The molecular formula is C22H20N2O3S. The molecular weight excluding hydrogens is 372 g/mol. The molecule has 2 aromatic carbocycles. The lowest BCUT2D eigenvalue weighted by molar-refractivity contribution is 0.0983. The molecule has 0 radical (unpaired) electrons. The second kappa shape index (κ2) is 7.86. The van der Waals surface area contributed by atoms with Gasteiger partial charge in [0.05, 0.1) is 29.6 Å². The number of hydrogen-bond donors (Lipinski definition) is 0. The van der Waals surface area contributed by atoms with Crippen molar-refractivity contribution in [3.8, 4) is 5.75 Å². The molecule has 2 heterocycles. The Kier molecular flexibility index (Phi) is 5.12. The van der Waals surface area contributed by atoms with Crippen molar-refractivity contribution in [1.29, 1.82) is 0 Å². The van der Waals surface area contributed by atoms with Gasteiger partial charge in [-0.3, -0.25) is 9.69 Å². The molecule has 4 rings (SSSR count). The van der Waals surface area contributed by atoms with E-state index in [4.69, 9.17) is 14.1 Å². The van der Waals surface area contributed by atoms with Crippen LogP contribution in [-0.2, 0) is 6.54 Å². The molecule has 0 saturated carbocycles. The number of fused-ring (bicyclic) bond motifs is 1. The molecule has 0 saturated heterocycles. The molecule has 142 valence electrons. The fourth-order valence-electron chi connectivity index (χ4n) is 2.98. The van der Waals surface area contributed by atoms with Crippen LogP contribution in [0, 0.1) is 6.92 Å². The van der Waals surface area contributed by atoms with Gasteiger partial charge in [-0.1, -0.05) is 29.0 Å². The van der Waals surface area contributed by atoms with E-state index < -0.39 is 0 Å². The second-order valence-electron chi connectivity index (χ2n) is 6.40. The van der Waals surface area contributed by atoms with E-state index in [-0.39, 0.29) is 5.91 Å². The third-order valence-corrected chi connectivity index (χ3v) is 5.34. The van der Waals surface area contributed by atoms with Crippen LogP contribution in [0.15, 0.2) is 65.3 Å². The number of hydrogen-bond acceptors (Lipinski definition) is 5. The highest BCUT2D eigenvalue weighted by molar-refractivity contribution is 7.22. The first-order valence-corrected chi connectivity index (χ1v) is 9.90. The zero-order valence-corrected chi connectivity index (χ0v) is 16.5. The highest BCUT2D eigenvalue weighted by atomic mass is 32.1. The van der Waals surface area contributed by atoms with Crippen LogP contribution < -0.4 is 9.64 Å². The molecule has 5 nitrogen and oxygen atoms in total. The average Bonchev–Trinajstić information content (AvgIpc) is 3.35. The van der Waals surface area contributed by atoms with Gasteiger partial charge < -0.3 is 9.15 Å². The SMILES string of the molecule is CCOc1ccc2nc(N(Cc3ccco3)C(=O)c3cccc(C)c3)sc2c1. The molecule has 4 aromatic rings. The van der Waals surface area contributed by atoms with Crippen LogP contribution >= 0.6 is 11.3 Å². The molecule has 0 bridgehead atoms. The van der Waals surface area contributed by atoms with Gasteiger partial charge in [-0.2, -0.15) is 0 Å². The first kappa shape index (κ1) is 18.3. The van der Waals surface area contributed by atoms with Crippen LogP contribution in [0.4, 0.5) is 5.13 Å². The van der Waals surface area contributed by atoms with Crippen LogP contribution in [0.5, 0.6) is 5.75 Å². The highest BCUT2D eigenvalue weighted by Gasteiger charge is 2.23. The van der Waals surface area contributed by atoms with E-state index in [2.05, 4.69) is 0 Å². The molecule has 28 heavy (non-hydrogen) atoms. The van der Waals surface area contributed by atoms with Gasteiger partial charge in [0.2, 0.25) is 0 Å². The van der Waals surface area contributed by atoms with Crippen molar-refractivity contribution in [2.24, 2.45) is 0 Å². The van der Waals surface area contributed by atoms with Crippen LogP contribution in [0.2, 0.25) is 0 Å². The Morgan fingerprint density at radius 1 is 1.18 bits per heavy atom. The fourth-order valence-corrected chi connectivity index (χ4v) is 3.97. The van der Waals surface area contributed by atoms with E-state index in [0.717, 1.165) is 21.5 Å². The molecule has 0 atom stereocenters. The van der Waals surface area contributed by atoms with Crippen LogP contribution in [0.1, 0.15) is 28.6 Å². The summed E-state index contributed by atoms with van der Waals surface area (Å²) in [6.07, 6.45) is 1.61. The lowest BCUT2D eigenvalue weighted by Crippen LogP contribution is -2.30. The van der Waals surface area contributed by atoms with Crippen molar-refractivity contribution in [1.82, 2.24) is 4.98 Å². The summed E-state index contributed by atoms with van der Waals surface area (Å²) in [4.78, 5) is 19.7. The Balaban J connectivity index is 1.74. The van der Waals surface area contributed by atoms with Gasteiger partial charge in [0.1, 0.15) is 11.5 Å². The number of thiazole rings is 1. The number of furan rings is 1. The third-order valence-electron chi connectivity index (χ3n) is 4.29. The molecule has 0 aliphatic carbocycles. The first-order valence-electron chi connectivity index (χ1n) is 9.08. The van der Waals surface area contributed by atoms with Crippen molar-refractivity contribution < 1.29 is 13.9 Å². The zero-order valence-electron chi connectivity index (χ0n) is 15.7. The van der Waals surface area contributed by atoms with Crippen molar-refractivity contribution in [3.63, 3.8) is 0 Å². The predicted octanol–water partition coefficient (Wildman–Crippen LogP) is 5.44. The maximum absolute atomic E-state index is 13.3. The zero-order chi connectivity index (χ0) is 19.5.